The highest BCUT2D eigenvalue weighted by Gasteiger charge is 2.30. The number of H-pyrrole nitrogens is 1. The second kappa shape index (κ2) is 13.6. The Bertz CT molecular complexity index is 1310. The number of thiol groups is 1. The van der Waals surface area contributed by atoms with Crippen molar-refractivity contribution in [3.8, 4) is 5.75 Å². The highest BCUT2D eigenvalue weighted by atomic mass is 32.1. The molecule has 0 fully saturated rings. The molecule has 208 valence electrons. The van der Waals surface area contributed by atoms with Crippen LogP contribution < -0.4 is 21.7 Å². The first-order valence-electron chi connectivity index (χ1n) is 12.1. The van der Waals surface area contributed by atoms with Gasteiger partial charge in [0.05, 0.1) is 12.6 Å². The van der Waals surface area contributed by atoms with Crippen LogP contribution in [0.5, 0.6) is 5.75 Å². The molecule has 39 heavy (non-hydrogen) atoms. The van der Waals surface area contributed by atoms with E-state index in [-0.39, 0.29) is 24.3 Å². The van der Waals surface area contributed by atoms with Crippen LogP contribution in [0.4, 0.5) is 0 Å². The lowest BCUT2D eigenvalue weighted by Gasteiger charge is -2.23. The molecule has 12 nitrogen and oxygen atoms in total. The van der Waals surface area contributed by atoms with Crippen molar-refractivity contribution in [3.05, 3.63) is 65.9 Å². The Balaban J connectivity index is 1.59. The molecular weight excluding hydrogens is 526 g/mol. The minimum absolute atomic E-state index is 0.0363. The number of para-hydroxylation sites is 1. The van der Waals surface area contributed by atoms with Crippen molar-refractivity contribution in [2.75, 3.05) is 12.4 Å². The molecule has 4 atom stereocenters. The predicted octanol–water partition coefficient (Wildman–Crippen LogP) is -0.553. The van der Waals surface area contributed by atoms with Crippen molar-refractivity contribution in [3.63, 3.8) is 0 Å². The predicted molar refractivity (Wildman–Crippen MR) is 146 cm³/mol. The number of aromatic hydroxyl groups is 1. The number of aliphatic carboxylic acids is 1. The van der Waals surface area contributed by atoms with Gasteiger partial charge in [-0.15, -0.1) is 0 Å². The summed E-state index contributed by atoms with van der Waals surface area (Å²) in [4.78, 5) is 53.0. The van der Waals surface area contributed by atoms with Crippen molar-refractivity contribution < 1.29 is 34.5 Å². The number of aliphatic hydroxyl groups is 1. The van der Waals surface area contributed by atoms with Crippen molar-refractivity contribution in [2.24, 2.45) is 5.73 Å². The number of nitrogens with one attached hydrogen (secondary N) is 4. The van der Waals surface area contributed by atoms with Crippen LogP contribution in [0, 0.1) is 0 Å². The van der Waals surface area contributed by atoms with E-state index < -0.39 is 54.5 Å². The molecular formula is C26H31N5O7S. The van der Waals surface area contributed by atoms with Gasteiger partial charge in [0.15, 0.2) is 0 Å². The summed E-state index contributed by atoms with van der Waals surface area (Å²) in [7, 11) is 0. The zero-order valence-corrected chi connectivity index (χ0v) is 21.7. The average Bonchev–Trinajstić information content (AvgIpc) is 3.33. The van der Waals surface area contributed by atoms with Crippen molar-refractivity contribution in [1.29, 1.82) is 0 Å². The third-order valence-electron chi connectivity index (χ3n) is 6.07. The number of aromatic amines is 1. The van der Waals surface area contributed by atoms with E-state index in [1.807, 2.05) is 24.3 Å². The van der Waals surface area contributed by atoms with E-state index in [9.17, 15) is 34.5 Å². The second-order valence-electron chi connectivity index (χ2n) is 8.93. The van der Waals surface area contributed by atoms with Gasteiger partial charge in [0.1, 0.15) is 23.9 Å². The number of carbonyl (C=O) groups is 4. The maximum atomic E-state index is 12.8. The molecule has 2 aromatic carbocycles. The zero-order chi connectivity index (χ0) is 28.5. The number of carboxylic acid groups (broad SMARTS) is 1. The van der Waals surface area contributed by atoms with Gasteiger partial charge in [-0.1, -0.05) is 30.3 Å². The number of benzene rings is 2. The van der Waals surface area contributed by atoms with Crippen LogP contribution in [-0.4, -0.2) is 80.5 Å². The number of phenols is 1. The number of aromatic nitrogens is 1. The number of amides is 3. The molecule has 0 saturated carbocycles. The molecule has 0 aliphatic rings. The molecule has 0 spiro atoms. The summed E-state index contributed by atoms with van der Waals surface area (Å²) in [6.07, 6.45) is 1.76. The highest BCUT2D eigenvalue weighted by molar-refractivity contribution is 7.80. The molecule has 0 radical (unpaired) electrons. The van der Waals surface area contributed by atoms with E-state index in [0.717, 1.165) is 10.9 Å². The lowest BCUT2D eigenvalue weighted by Crippen LogP contribution is -2.58. The number of rotatable bonds is 13. The van der Waals surface area contributed by atoms with E-state index in [2.05, 4.69) is 33.6 Å². The van der Waals surface area contributed by atoms with E-state index in [0.29, 0.717) is 11.1 Å². The highest BCUT2D eigenvalue weighted by Crippen LogP contribution is 2.19. The molecule has 4 unspecified atom stereocenters. The summed E-state index contributed by atoms with van der Waals surface area (Å²) < 4.78 is 0. The monoisotopic (exact) mass is 557 g/mol. The van der Waals surface area contributed by atoms with Crippen LogP contribution in [0.1, 0.15) is 11.1 Å². The maximum Gasteiger partial charge on any atom is 0.326 e. The molecule has 1 aromatic heterocycles. The standard InChI is InChI=1S/C26H31N5O7S/c27-18(9-14-5-7-16(33)8-6-14)23(34)31-22(13-39)25(36)30-21(12-32)24(35)29-20(26(37)38)10-15-11-28-19-4-2-1-3-17(15)19/h1-8,11,18,20-22,28,32-33,39H,9-10,12-13,27H2,(H,29,35)(H,30,36)(H,31,34)(H,37,38). The Hall–Kier alpha value is -4.07. The minimum Gasteiger partial charge on any atom is -0.508 e. The van der Waals surface area contributed by atoms with E-state index in [4.69, 9.17) is 5.73 Å². The maximum absolute atomic E-state index is 12.8. The van der Waals surface area contributed by atoms with Gasteiger partial charge in [0.25, 0.3) is 0 Å². The molecule has 3 aromatic rings. The summed E-state index contributed by atoms with van der Waals surface area (Å²) in [5.41, 5.74) is 8.12. The van der Waals surface area contributed by atoms with Gasteiger partial charge in [-0.3, -0.25) is 14.4 Å². The van der Waals surface area contributed by atoms with Crippen LogP contribution in [0.15, 0.2) is 54.7 Å². The van der Waals surface area contributed by atoms with Gasteiger partial charge in [0, 0.05) is 29.3 Å². The topological polar surface area (TPSA) is 207 Å². The quantitative estimate of drug-likeness (QED) is 0.124. The molecule has 1 heterocycles. The van der Waals surface area contributed by atoms with Crippen LogP contribution in [0.2, 0.25) is 0 Å². The zero-order valence-electron chi connectivity index (χ0n) is 20.8. The van der Waals surface area contributed by atoms with Crippen molar-refractivity contribution in [1.82, 2.24) is 20.9 Å². The third kappa shape index (κ3) is 7.96. The van der Waals surface area contributed by atoms with E-state index in [1.54, 1.807) is 18.3 Å². The minimum atomic E-state index is -1.48. The fourth-order valence-electron chi connectivity index (χ4n) is 3.91. The van der Waals surface area contributed by atoms with E-state index in [1.165, 1.54) is 12.1 Å². The lowest BCUT2D eigenvalue weighted by molar-refractivity contribution is -0.142. The lowest BCUT2D eigenvalue weighted by atomic mass is 10.0. The van der Waals surface area contributed by atoms with Gasteiger partial charge in [0.2, 0.25) is 17.7 Å². The molecule has 3 rings (SSSR count). The second-order valence-corrected chi connectivity index (χ2v) is 9.29. The Morgan fingerprint density at radius 3 is 2.13 bits per heavy atom. The molecule has 13 heteroatoms. The Morgan fingerprint density at radius 2 is 1.49 bits per heavy atom. The number of aliphatic hydroxyl groups excluding tert-OH is 1. The number of fused-ring (bicyclic) bond motifs is 1. The first-order valence-corrected chi connectivity index (χ1v) is 12.7. The number of hydrogen-bond donors (Lipinski definition) is 9. The average molecular weight is 558 g/mol. The van der Waals surface area contributed by atoms with Crippen molar-refractivity contribution >= 4 is 47.2 Å². The Kier molecular flexibility index (Phi) is 10.3. The fraction of sp³-hybridized carbons (Fsp3) is 0.308. The number of phenolic OH excluding ortho intramolecular Hbond substituents is 1. The van der Waals surface area contributed by atoms with Gasteiger partial charge >= 0.3 is 5.97 Å². The molecule has 0 aliphatic heterocycles. The SMILES string of the molecule is NC(Cc1ccc(O)cc1)C(=O)NC(CS)C(=O)NC(CO)C(=O)NC(Cc1c[nH]c2ccccc12)C(=O)O. The summed E-state index contributed by atoms with van der Waals surface area (Å²) >= 11 is 4.09. The molecule has 0 aliphatic carbocycles. The number of carboxylic acids is 1. The largest absolute Gasteiger partial charge is 0.508 e. The molecule has 0 saturated heterocycles. The van der Waals surface area contributed by atoms with Crippen LogP contribution in [0.25, 0.3) is 10.9 Å². The van der Waals surface area contributed by atoms with Crippen LogP contribution >= 0.6 is 12.6 Å². The number of carbonyl (C=O) groups excluding carboxylic acids is 3. The molecule has 9 N–H and O–H groups in total. The summed E-state index contributed by atoms with van der Waals surface area (Å²) in [6, 6.07) is 8.42. The fourth-order valence-corrected chi connectivity index (χ4v) is 4.17. The Labute approximate surface area is 229 Å². The van der Waals surface area contributed by atoms with Gasteiger partial charge in [-0.05, 0) is 35.7 Å². The van der Waals surface area contributed by atoms with Gasteiger partial charge < -0.3 is 42.0 Å². The van der Waals surface area contributed by atoms with Gasteiger partial charge in [-0.25, -0.2) is 4.79 Å². The first-order chi connectivity index (χ1) is 18.6. The molecule has 3 amide bonds. The van der Waals surface area contributed by atoms with Crippen molar-refractivity contribution in [2.45, 2.75) is 37.0 Å². The first kappa shape index (κ1) is 29.5. The van der Waals surface area contributed by atoms with Crippen LogP contribution in [0.3, 0.4) is 0 Å². The van der Waals surface area contributed by atoms with Gasteiger partial charge in [-0.2, -0.15) is 12.6 Å². The number of hydrogen-bond acceptors (Lipinski definition) is 8. The Morgan fingerprint density at radius 1 is 0.872 bits per heavy atom. The number of nitrogens with two attached hydrogens (primary N) is 1. The summed E-state index contributed by atoms with van der Waals surface area (Å²) in [5.74, 6) is -3.73. The normalized spacial score (nSPS) is 14.1. The summed E-state index contributed by atoms with van der Waals surface area (Å²) in [6.45, 7) is -0.815. The third-order valence-corrected chi connectivity index (χ3v) is 6.44. The van der Waals surface area contributed by atoms with Crippen LogP contribution in [-0.2, 0) is 32.0 Å². The smallest absolute Gasteiger partial charge is 0.326 e. The molecule has 0 bridgehead atoms. The summed E-state index contributed by atoms with van der Waals surface area (Å²) in [5, 5.41) is 36.7. The van der Waals surface area contributed by atoms with E-state index >= 15 is 0 Å².